The van der Waals surface area contributed by atoms with E-state index < -0.39 is 0 Å². The molecule has 2 aromatic heterocycles. The maximum atomic E-state index is 10.9. The van der Waals surface area contributed by atoms with Gasteiger partial charge in [-0.25, -0.2) is 9.50 Å². The average molecular weight is 380 g/mol. The van der Waals surface area contributed by atoms with E-state index in [-0.39, 0.29) is 0 Å². The van der Waals surface area contributed by atoms with Crippen LogP contribution in [0.5, 0.6) is 0 Å². The summed E-state index contributed by atoms with van der Waals surface area (Å²) < 4.78 is 7.32. The number of benzene rings is 1. The molecule has 0 saturated carbocycles. The van der Waals surface area contributed by atoms with Gasteiger partial charge in [-0.05, 0) is 37.1 Å². The predicted molar refractivity (Wildman–Crippen MR) is 110 cm³/mol. The van der Waals surface area contributed by atoms with Gasteiger partial charge in [-0.2, -0.15) is 0 Å². The third-order valence-corrected chi connectivity index (χ3v) is 5.25. The first kappa shape index (κ1) is 18.2. The lowest BCUT2D eigenvalue weighted by molar-refractivity contribution is -0.105. The van der Waals surface area contributed by atoms with Crippen LogP contribution in [-0.2, 0) is 9.53 Å². The zero-order valence-electron chi connectivity index (χ0n) is 16.1. The number of hydrogen-bond acceptors (Lipinski definition) is 6. The summed E-state index contributed by atoms with van der Waals surface area (Å²) >= 11 is 0. The van der Waals surface area contributed by atoms with Crippen molar-refractivity contribution < 1.29 is 9.53 Å². The van der Waals surface area contributed by atoms with Crippen LogP contribution in [0.4, 0.5) is 17.2 Å². The number of hydrogen-bond donors (Lipinski definition) is 2. The van der Waals surface area contributed by atoms with Crippen LogP contribution in [0.3, 0.4) is 0 Å². The smallest absolute Gasteiger partial charge is 0.211 e. The first-order valence-corrected chi connectivity index (χ1v) is 9.39. The van der Waals surface area contributed by atoms with E-state index in [0.717, 1.165) is 54.5 Å². The van der Waals surface area contributed by atoms with Crippen LogP contribution in [0.25, 0.3) is 16.9 Å². The number of ether oxygens (including phenoxy) is 1. The molecule has 0 unspecified atom stereocenters. The topological polar surface area (TPSA) is 83.8 Å². The normalized spacial score (nSPS) is 14.8. The summed E-state index contributed by atoms with van der Waals surface area (Å²) in [5.74, 6) is 0.900. The van der Waals surface area contributed by atoms with Crippen molar-refractivity contribution in [2.24, 2.45) is 0 Å². The zero-order valence-corrected chi connectivity index (χ0v) is 16.1. The highest BCUT2D eigenvalue weighted by molar-refractivity contribution is 5.84. The van der Waals surface area contributed by atoms with Crippen molar-refractivity contribution in [2.75, 3.05) is 42.8 Å². The van der Waals surface area contributed by atoms with Gasteiger partial charge >= 0.3 is 0 Å². The van der Waals surface area contributed by atoms with Crippen molar-refractivity contribution in [3.05, 3.63) is 36.5 Å². The maximum absolute atomic E-state index is 10.9. The maximum Gasteiger partial charge on any atom is 0.211 e. The molecular formula is C20H24N6O2. The SMILES string of the molecule is CNc1ccc(-c2cnc3ccc(N(C)C4CCOCC4)nn23)cc1NC=O. The minimum atomic E-state index is 0.420. The number of carbonyl (C=O) groups is 1. The summed E-state index contributed by atoms with van der Waals surface area (Å²) in [6, 6.07) is 10.2. The Morgan fingerprint density at radius 1 is 1.21 bits per heavy atom. The Balaban J connectivity index is 1.72. The van der Waals surface area contributed by atoms with Gasteiger partial charge in [-0.3, -0.25) is 4.79 Å². The van der Waals surface area contributed by atoms with Crippen molar-refractivity contribution in [3.63, 3.8) is 0 Å². The molecule has 3 heterocycles. The number of amides is 1. The molecule has 8 nitrogen and oxygen atoms in total. The second-order valence-electron chi connectivity index (χ2n) is 6.83. The van der Waals surface area contributed by atoms with Crippen LogP contribution in [-0.4, -0.2) is 54.4 Å². The van der Waals surface area contributed by atoms with Crippen LogP contribution in [0.2, 0.25) is 0 Å². The van der Waals surface area contributed by atoms with Gasteiger partial charge in [-0.15, -0.1) is 5.10 Å². The van der Waals surface area contributed by atoms with E-state index in [4.69, 9.17) is 9.84 Å². The zero-order chi connectivity index (χ0) is 19.5. The largest absolute Gasteiger partial charge is 0.386 e. The number of fused-ring (bicyclic) bond motifs is 1. The Morgan fingerprint density at radius 3 is 2.79 bits per heavy atom. The van der Waals surface area contributed by atoms with Crippen LogP contribution in [0.1, 0.15) is 12.8 Å². The number of rotatable bonds is 6. The lowest BCUT2D eigenvalue weighted by atomic mass is 10.1. The van der Waals surface area contributed by atoms with E-state index in [0.29, 0.717) is 18.1 Å². The summed E-state index contributed by atoms with van der Waals surface area (Å²) in [6.07, 6.45) is 4.48. The summed E-state index contributed by atoms with van der Waals surface area (Å²) in [5, 5.41) is 10.6. The third-order valence-electron chi connectivity index (χ3n) is 5.25. The summed E-state index contributed by atoms with van der Waals surface area (Å²) in [6.45, 7) is 1.58. The third kappa shape index (κ3) is 3.38. The molecule has 0 atom stereocenters. The summed E-state index contributed by atoms with van der Waals surface area (Å²) in [7, 11) is 3.90. The van der Waals surface area contributed by atoms with Gasteiger partial charge in [-0.1, -0.05) is 6.07 Å². The molecule has 0 aliphatic carbocycles. The first-order valence-electron chi connectivity index (χ1n) is 9.39. The molecule has 1 aliphatic heterocycles. The molecule has 0 bridgehead atoms. The van der Waals surface area contributed by atoms with E-state index >= 15 is 0 Å². The Kier molecular flexibility index (Phi) is 5.12. The molecule has 1 aliphatic rings. The lowest BCUT2D eigenvalue weighted by Crippen LogP contribution is -2.37. The summed E-state index contributed by atoms with van der Waals surface area (Å²) in [4.78, 5) is 17.6. The molecule has 28 heavy (non-hydrogen) atoms. The number of imidazole rings is 1. The molecule has 4 rings (SSSR count). The fraction of sp³-hybridized carbons (Fsp3) is 0.350. The molecule has 0 radical (unpaired) electrons. The van der Waals surface area contributed by atoms with Crippen molar-refractivity contribution >= 4 is 29.2 Å². The highest BCUT2D eigenvalue weighted by Crippen LogP contribution is 2.29. The van der Waals surface area contributed by atoms with Crippen molar-refractivity contribution in [3.8, 4) is 11.3 Å². The van der Waals surface area contributed by atoms with Crippen LogP contribution < -0.4 is 15.5 Å². The minimum Gasteiger partial charge on any atom is -0.386 e. The second kappa shape index (κ2) is 7.85. The number of nitrogens with one attached hydrogen (secondary N) is 2. The quantitative estimate of drug-likeness (QED) is 0.640. The van der Waals surface area contributed by atoms with Crippen molar-refractivity contribution in [1.82, 2.24) is 14.6 Å². The Bertz CT molecular complexity index is 980. The average Bonchev–Trinajstić information content (AvgIpc) is 3.17. The van der Waals surface area contributed by atoms with Crippen molar-refractivity contribution in [2.45, 2.75) is 18.9 Å². The van der Waals surface area contributed by atoms with Crippen molar-refractivity contribution in [1.29, 1.82) is 0 Å². The van der Waals surface area contributed by atoms with Gasteiger partial charge in [0, 0.05) is 38.9 Å². The number of carbonyl (C=O) groups excluding carboxylic acids is 1. The molecule has 2 N–H and O–H groups in total. The number of aromatic nitrogens is 3. The van der Waals surface area contributed by atoms with Crippen LogP contribution >= 0.6 is 0 Å². The standard InChI is InChI=1S/C20H24N6O2/c1-21-16-4-3-14(11-17(16)23-13-27)18-12-22-19-5-6-20(24-26(18)19)25(2)15-7-9-28-10-8-15/h3-6,11-13,15,21H,7-10H2,1-2H3,(H,23,27). The fourth-order valence-corrected chi connectivity index (χ4v) is 3.61. The molecule has 1 saturated heterocycles. The van der Waals surface area contributed by atoms with E-state index in [9.17, 15) is 4.79 Å². The molecule has 3 aromatic rings. The minimum absolute atomic E-state index is 0.420. The number of nitrogens with zero attached hydrogens (tertiary/aromatic N) is 4. The molecule has 0 spiro atoms. The van der Waals surface area contributed by atoms with Gasteiger partial charge in [0.05, 0.1) is 23.3 Å². The lowest BCUT2D eigenvalue weighted by Gasteiger charge is -2.31. The Labute approximate surface area is 163 Å². The fourth-order valence-electron chi connectivity index (χ4n) is 3.61. The first-order chi connectivity index (χ1) is 13.7. The monoisotopic (exact) mass is 380 g/mol. The molecular weight excluding hydrogens is 356 g/mol. The molecule has 1 amide bonds. The van der Waals surface area contributed by atoms with Gasteiger partial charge in [0.25, 0.3) is 0 Å². The molecule has 1 aromatic carbocycles. The van der Waals surface area contributed by atoms with E-state index in [1.165, 1.54) is 0 Å². The highest BCUT2D eigenvalue weighted by atomic mass is 16.5. The van der Waals surface area contributed by atoms with E-state index in [1.807, 2.05) is 41.9 Å². The Morgan fingerprint density at radius 2 is 2.04 bits per heavy atom. The van der Waals surface area contributed by atoms with Crippen LogP contribution in [0, 0.1) is 0 Å². The molecule has 146 valence electrons. The highest BCUT2D eigenvalue weighted by Gasteiger charge is 2.20. The second-order valence-corrected chi connectivity index (χ2v) is 6.83. The molecule has 8 heteroatoms. The number of anilines is 3. The van der Waals surface area contributed by atoms with Gasteiger partial charge < -0.3 is 20.3 Å². The Hall–Kier alpha value is -3.13. The van der Waals surface area contributed by atoms with Crippen LogP contribution in [0.15, 0.2) is 36.5 Å². The predicted octanol–water partition coefficient (Wildman–Crippen LogP) is 2.62. The van der Waals surface area contributed by atoms with E-state index in [1.54, 1.807) is 6.20 Å². The van der Waals surface area contributed by atoms with Gasteiger partial charge in [0.15, 0.2) is 5.65 Å². The summed E-state index contributed by atoms with van der Waals surface area (Å²) in [5.41, 5.74) is 4.13. The van der Waals surface area contributed by atoms with Gasteiger partial charge in [0.2, 0.25) is 6.41 Å². The molecule has 1 fully saturated rings. The van der Waals surface area contributed by atoms with E-state index in [2.05, 4.69) is 27.6 Å². The van der Waals surface area contributed by atoms with Gasteiger partial charge in [0.1, 0.15) is 5.82 Å².